The first kappa shape index (κ1) is 18.9. The Morgan fingerprint density at radius 2 is 1.78 bits per heavy atom. The van der Waals surface area contributed by atoms with Gasteiger partial charge in [0.25, 0.3) is 5.84 Å². The van der Waals surface area contributed by atoms with Crippen molar-refractivity contribution < 1.29 is 21.8 Å². The first-order valence-electron chi connectivity index (χ1n) is 6.70. The van der Waals surface area contributed by atoms with Crippen molar-refractivity contribution in [3.05, 3.63) is 24.3 Å². The second-order valence-electron chi connectivity index (χ2n) is 5.18. The van der Waals surface area contributed by atoms with E-state index >= 15 is 0 Å². The fourth-order valence-corrected chi connectivity index (χ4v) is 1.65. The SMILES string of the molecule is CN(C)CC(Nn1nnc2ccccc21)=[N+](C)C.F[B-](F)(F)F. The molecule has 23 heavy (non-hydrogen) atoms. The van der Waals surface area contributed by atoms with Crippen molar-refractivity contribution in [2.75, 3.05) is 40.2 Å². The summed E-state index contributed by atoms with van der Waals surface area (Å²) in [7, 11) is 2.07. The number of rotatable bonds is 3. The van der Waals surface area contributed by atoms with E-state index in [4.69, 9.17) is 0 Å². The van der Waals surface area contributed by atoms with E-state index in [0.29, 0.717) is 0 Å². The Morgan fingerprint density at radius 1 is 1.22 bits per heavy atom. The Morgan fingerprint density at radius 3 is 2.30 bits per heavy atom. The number of benzene rings is 1. The molecule has 0 unspecified atom stereocenters. The van der Waals surface area contributed by atoms with Crippen molar-refractivity contribution >= 4 is 24.1 Å². The Labute approximate surface area is 131 Å². The molecular weight excluding hydrogens is 315 g/mol. The Bertz CT molecular complexity index is 657. The van der Waals surface area contributed by atoms with E-state index in [2.05, 4.69) is 20.6 Å². The molecule has 0 radical (unpaired) electrons. The van der Waals surface area contributed by atoms with E-state index in [1.807, 2.05) is 57.0 Å². The molecule has 2 rings (SSSR count). The summed E-state index contributed by atoms with van der Waals surface area (Å²) in [5, 5.41) is 8.23. The molecule has 0 bridgehead atoms. The van der Waals surface area contributed by atoms with Crippen LogP contribution in [-0.2, 0) is 0 Å². The molecule has 0 spiro atoms. The van der Waals surface area contributed by atoms with Crippen molar-refractivity contribution in [3.8, 4) is 0 Å². The van der Waals surface area contributed by atoms with E-state index < -0.39 is 7.25 Å². The molecule has 2 aromatic rings. The third kappa shape index (κ3) is 7.09. The lowest BCUT2D eigenvalue weighted by atomic mass is 10.3. The van der Waals surface area contributed by atoms with E-state index in [1.165, 1.54) is 0 Å². The van der Waals surface area contributed by atoms with Crippen molar-refractivity contribution in [2.45, 2.75) is 0 Å². The predicted octanol–water partition coefficient (Wildman–Crippen LogP) is 1.51. The molecule has 1 heterocycles. The van der Waals surface area contributed by atoms with Gasteiger partial charge in [0.05, 0.1) is 14.1 Å². The van der Waals surface area contributed by atoms with Gasteiger partial charge in [-0.25, -0.2) is 0 Å². The largest absolute Gasteiger partial charge is 0.673 e. The van der Waals surface area contributed by atoms with Crippen LogP contribution in [0.3, 0.4) is 0 Å². The molecule has 1 aromatic carbocycles. The van der Waals surface area contributed by atoms with Gasteiger partial charge in [-0.05, 0) is 31.4 Å². The molecule has 0 aliphatic heterocycles. The highest BCUT2D eigenvalue weighted by atomic mass is 19.5. The van der Waals surface area contributed by atoms with Crippen molar-refractivity contribution in [3.63, 3.8) is 0 Å². The number of aromatic nitrogens is 3. The van der Waals surface area contributed by atoms with Gasteiger partial charge in [-0.1, -0.05) is 16.9 Å². The van der Waals surface area contributed by atoms with Crippen LogP contribution in [0.15, 0.2) is 24.3 Å². The van der Waals surface area contributed by atoms with Gasteiger partial charge in [-0.3, -0.25) is 9.48 Å². The summed E-state index contributed by atoms with van der Waals surface area (Å²) >= 11 is 0. The van der Waals surface area contributed by atoms with Crippen LogP contribution >= 0.6 is 0 Å². The number of fused-ring (bicyclic) bond motifs is 1. The molecule has 1 aromatic heterocycles. The molecule has 11 heteroatoms. The first-order chi connectivity index (χ1) is 10.6. The molecule has 0 fully saturated rings. The van der Waals surface area contributed by atoms with Gasteiger partial charge in [0.15, 0.2) is 0 Å². The van der Waals surface area contributed by atoms with Crippen LogP contribution in [0, 0.1) is 0 Å². The van der Waals surface area contributed by atoms with Gasteiger partial charge in [0, 0.05) is 0 Å². The van der Waals surface area contributed by atoms with Gasteiger partial charge < -0.3 is 17.3 Å². The Hall–Kier alpha value is -2.17. The summed E-state index contributed by atoms with van der Waals surface area (Å²) in [6.07, 6.45) is 0. The van der Waals surface area contributed by atoms with E-state index in [9.17, 15) is 17.3 Å². The monoisotopic (exact) mass is 334 g/mol. The van der Waals surface area contributed by atoms with Crippen LogP contribution in [0.5, 0.6) is 0 Å². The van der Waals surface area contributed by atoms with Crippen LogP contribution in [0.2, 0.25) is 0 Å². The average Bonchev–Trinajstić information content (AvgIpc) is 2.79. The number of halogens is 4. The number of amidine groups is 1. The molecule has 0 aliphatic carbocycles. The maximum absolute atomic E-state index is 9.75. The molecule has 1 N–H and O–H groups in total. The summed E-state index contributed by atoms with van der Waals surface area (Å²) in [6.45, 7) is 0.807. The lowest BCUT2D eigenvalue weighted by Crippen LogP contribution is -2.38. The number of nitrogens with zero attached hydrogens (tertiary/aromatic N) is 5. The molecule has 0 aliphatic rings. The topological polar surface area (TPSA) is 49.0 Å². The van der Waals surface area contributed by atoms with Crippen molar-refractivity contribution in [1.29, 1.82) is 0 Å². The second kappa shape index (κ2) is 7.91. The highest BCUT2D eigenvalue weighted by molar-refractivity contribution is 6.50. The van der Waals surface area contributed by atoms with Gasteiger partial charge in [0.2, 0.25) is 0 Å². The average molecular weight is 334 g/mol. The van der Waals surface area contributed by atoms with Crippen LogP contribution in [-0.4, -0.2) is 72.4 Å². The molecule has 128 valence electrons. The van der Waals surface area contributed by atoms with Gasteiger partial charge in [0.1, 0.15) is 17.6 Å². The van der Waals surface area contributed by atoms with Gasteiger partial charge in [-0.15, -0.1) is 5.10 Å². The van der Waals surface area contributed by atoms with Gasteiger partial charge in [-0.2, -0.15) is 5.43 Å². The standard InChI is InChI=1S/C12H18N6.BF4/c1-16(2)9-12(17(3)4)14-18-11-8-6-5-7-10(11)13-15-18;2-1(3,4)5/h5-8H,9H2,1-4H3;/q;-1/p+1. The first-order valence-corrected chi connectivity index (χ1v) is 6.70. The Kier molecular flexibility index (Phi) is 6.49. The number of hydrogen-bond donors (Lipinski definition) is 1. The lowest BCUT2D eigenvalue weighted by molar-refractivity contribution is -0.466. The minimum atomic E-state index is -6.00. The zero-order valence-corrected chi connectivity index (χ0v) is 13.3. The minimum Gasteiger partial charge on any atom is -0.418 e. The fourth-order valence-electron chi connectivity index (χ4n) is 1.65. The molecule has 0 amide bonds. The van der Waals surface area contributed by atoms with Crippen LogP contribution in [0.4, 0.5) is 17.3 Å². The molecule has 0 saturated heterocycles. The third-order valence-electron chi connectivity index (χ3n) is 2.59. The summed E-state index contributed by atoms with van der Waals surface area (Å²) in [5.41, 5.74) is 5.13. The number of hydrogen-bond acceptors (Lipinski definition) is 3. The van der Waals surface area contributed by atoms with E-state index in [-0.39, 0.29) is 0 Å². The van der Waals surface area contributed by atoms with Crippen LogP contribution < -0.4 is 5.43 Å². The number of nitrogens with one attached hydrogen (secondary N) is 1. The zero-order valence-electron chi connectivity index (χ0n) is 13.3. The van der Waals surface area contributed by atoms with Crippen molar-refractivity contribution in [1.82, 2.24) is 20.0 Å². The predicted molar refractivity (Wildman–Crippen MR) is 82.7 cm³/mol. The fraction of sp³-hybridized carbons (Fsp3) is 0.417. The minimum absolute atomic E-state index is 0.807. The Balaban J connectivity index is 0.000000463. The summed E-state index contributed by atoms with van der Waals surface area (Å²) in [5.74, 6) is 1.05. The highest BCUT2D eigenvalue weighted by Gasteiger charge is 2.20. The van der Waals surface area contributed by atoms with Crippen molar-refractivity contribution in [2.24, 2.45) is 0 Å². The molecule has 6 nitrogen and oxygen atoms in total. The van der Waals surface area contributed by atoms with Gasteiger partial charge >= 0.3 is 7.25 Å². The number of para-hydroxylation sites is 1. The summed E-state index contributed by atoms with van der Waals surface area (Å²) in [6, 6.07) is 7.87. The van der Waals surface area contributed by atoms with Crippen LogP contribution in [0.25, 0.3) is 11.0 Å². The lowest BCUT2D eigenvalue weighted by Gasteiger charge is -2.10. The quantitative estimate of drug-likeness (QED) is 0.304. The number of likely N-dealkylation sites (N-methyl/N-ethyl adjacent to an activating group) is 1. The second-order valence-corrected chi connectivity index (χ2v) is 5.18. The summed E-state index contributed by atoms with van der Waals surface area (Å²) < 4.78 is 41.0. The maximum Gasteiger partial charge on any atom is 0.673 e. The third-order valence-corrected chi connectivity index (χ3v) is 2.59. The highest BCUT2D eigenvalue weighted by Crippen LogP contribution is 2.08. The molecule has 0 saturated carbocycles. The summed E-state index contributed by atoms with van der Waals surface area (Å²) in [4.78, 5) is 3.80. The van der Waals surface area contributed by atoms with E-state index in [0.717, 1.165) is 23.4 Å². The molecule has 0 atom stereocenters. The molecular formula is C12H19BF4N6. The van der Waals surface area contributed by atoms with Crippen LogP contribution in [0.1, 0.15) is 0 Å². The smallest absolute Gasteiger partial charge is 0.418 e. The van der Waals surface area contributed by atoms with E-state index in [1.54, 1.807) is 4.79 Å². The zero-order chi connectivity index (χ0) is 17.6. The maximum atomic E-state index is 9.75. The normalized spacial score (nSPS) is 11.2.